The van der Waals surface area contributed by atoms with Crippen LogP contribution in [0.2, 0.25) is 0 Å². The van der Waals surface area contributed by atoms with E-state index in [-0.39, 0.29) is 17.5 Å². The highest BCUT2D eigenvalue weighted by Crippen LogP contribution is 2.38. The van der Waals surface area contributed by atoms with Gasteiger partial charge in [0.15, 0.2) is 0 Å². The van der Waals surface area contributed by atoms with Crippen molar-refractivity contribution < 1.29 is 4.79 Å². The molecule has 0 aliphatic heterocycles. The molecule has 1 heterocycles. The van der Waals surface area contributed by atoms with Gasteiger partial charge in [0, 0.05) is 12.0 Å². The normalized spacial score (nSPS) is 16.6. The highest BCUT2D eigenvalue weighted by Gasteiger charge is 2.27. The van der Waals surface area contributed by atoms with Crippen molar-refractivity contribution in [2.45, 2.75) is 44.7 Å². The first-order valence-corrected chi connectivity index (χ1v) is 8.01. The van der Waals surface area contributed by atoms with Gasteiger partial charge in [0.2, 0.25) is 5.91 Å². The molecule has 120 valence electrons. The van der Waals surface area contributed by atoms with E-state index in [0.29, 0.717) is 5.92 Å². The average molecular weight is 311 g/mol. The van der Waals surface area contributed by atoms with E-state index in [4.69, 9.17) is 0 Å². The smallest absolute Gasteiger partial charge is 0.267 e. The Hall–Kier alpha value is -2.43. The van der Waals surface area contributed by atoms with Crippen molar-refractivity contribution in [3.05, 3.63) is 64.1 Å². The Kier molecular flexibility index (Phi) is 4.28. The average Bonchev–Trinajstić information content (AvgIpc) is 3.40. The number of hydrogen-bond donors (Lipinski definition) is 1. The number of rotatable bonds is 5. The molecule has 5 heteroatoms. The summed E-state index contributed by atoms with van der Waals surface area (Å²) >= 11 is 0. The molecule has 0 bridgehead atoms. The zero-order valence-corrected chi connectivity index (χ0v) is 13.4. The van der Waals surface area contributed by atoms with Crippen LogP contribution in [0.4, 0.5) is 0 Å². The molecule has 0 spiro atoms. The lowest BCUT2D eigenvalue weighted by molar-refractivity contribution is -0.124. The van der Waals surface area contributed by atoms with E-state index >= 15 is 0 Å². The van der Waals surface area contributed by atoms with E-state index in [2.05, 4.69) is 10.4 Å². The third-order valence-electron chi connectivity index (χ3n) is 4.25. The molecule has 1 N–H and O–H groups in total. The van der Waals surface area contributed by atoms with Gasteiger partial charge in [-0.3, -0.25) is 9.59 Å². The zero-order valence-electron chi connectivity index (χ0n) is 13.4. The monoisotopic (exact) mass is 311 g/mol. The second kappa shape index (κ2) is 6.36. The van der Waals surface area contributed by atoms with Gasteiger partial charge in [-0.2, -0.15) is 5.10 Å². The molecule has 23 heavy (non-hydrogen) atoms. The van der Waals surface area contributed by atoms with Crippen LogP contribution in [0.1, 0.15) is 55.9 Å². The van der Waals surface area contributed by atoms with Gasteiger partial charge >= 0.3 is 0 Å². The predicted molar refractivity (Wildman–Crippen MR) is 88.2 cm³/mol. The lowest BCUT2D eigenvalue weighted by Crippen LogP contribution is -2.38. The summed E-state index contributed by atoms with van der Waals surface area (Å²) in [6, 6.07) is 12.3. The summed E-state index contributed by atoms with van der Waals surface area (Å²) in [7, 11) is 0. The van der Waals surface area contributed by atoms with E-state index in [1.54, 1.807) is 13.0 Å². The first kappa shape index (κ1) is 15.5. The van der Waals surface area contributed by atoms with Crippen LogP contribution in [-0.4, -0.2) is 15.7 Å². The van der Waals surface area contributed by atoms with Crippen LogP contribution < -0.4 is 10.9 Å². The van der Waals surface area contributed by atoms with Gasteiger partial charge in [0.25, 0.3) is 5.56 Å². The maximum atomic E-state index is 12.5. The van der Waals surface area contributed by atoms with Crippen molar-refractivity contribution in [2.24, 2.45) is 0 Å². The molecule has 1 aliphatic carbocycles. The van der Waals surface area contributed by atoms with Crippen molar-refractivity contribution in [1.82, 2.24) is 15.1 Å². The maximum Gasteiger partial charge on any atom is 0.267 e. The molecule has 0 radical (unpaired) electrons. The molecule has 2 atom stereocenters. The summed E-state index contributed by atoms with van der Waals surface area (Å²) in [5, 5.41) is 7.33. The second-order valence-electron chi connectivity index (χ2n) is 6.13. The van der Waals surface area contributed by atoms with Gasteiger partial charge in [0.1, 0.15) is 6.04 Å². The molecule has 5 nitrogen and oxygen atoms in total. The van der Waals surface area contributed by atoms with E-state index in [9.17, 15) is 9.59 Å². The summed E-state index contributed by atoms with van der Waals surface area (Å²) in [5.41, 5.74) is 1.69. The topological polar surface area (TPSA) is 64.0 Å². The number of carbonyl (C=O) groups is 1. The van der Waals surface area contributed by atoms with Crippen LogP contribution in [0.15, 0.2) is 47.3 Å². The third-order valence-corrected chi connectivity index (χ3v) is 4.25. The first-order valence-electron chi connectivity index (χ1n) is 8.01. The van der Waals surface area contributed by atoms with Crippen LogP contribution in [0, 0.1) is 0 Å². The Morgan fingerprint density at radius 3 is 2.52 bits per heavy atom. The van der Waals surface area contributed by atoms with Crippen molar-refractivity contribution >= 4 is 5.91 Å². The summed E-state index contributed by atoms with van der Waals surface area (Å²) in [6.45, 7) is 3.63. The SMILES string of the molecule is CC(NC(=O)C(C)n1nc(C2CC2)ccc1=O)c1ccccc1. The van der Waals surface area contributed by atoms with Crippen molar-refractivity contribution in [2.75, 3.05) is 0 Å². The highest BCUT2D eigenvalue weighted by atomic mass is 16.2. The fourth-order valence-electron chi connectivity index (χ4n) is 2.58. The Morgan fingerprint density at radius 1 is 1.17 bits per heavy atom. The van der Waals surface area contributed by atoms with Gasteiger partial charge in [-0.25, -0.2) is 4.68 Å². The fraction of sp³-hybridized carbons (Fsp3) is 0.389. The van der Waals surface area contributed by atoms with Gasteiger partial charge in [0.05, 0.1) is 11.7 Å². The summed E-state index contributed by atoms with van der Waals surface area (Å²) in [6.07, 6.45) is 2.22. The Morgan fingerprint density at radius 2 is 1.87 bits per heavy atom. The van der Waals surface area contributed by atoms with E-state index < -0.39 is 6.04 Å². The molecule has 1 aromatic carbocycles. The highest BCUT2D eigenvalue weighted by molar-refractivity contribution is 5.80. The lowest BCUT2D eigenvalue weighted by atomic mass is 10.1. The van der Waals surface area contributed by atoms with E-state index in [0.717, 1.165) is 24.1 Å². The number of nitrogens with zero attached hydrogens (tertiary/aromatic N) is 2. The molecule has 0 saturated heterocycles. The molecule has 1 amide bonds. The molecule has 1 aliphatic rings. The van der Waals surface area contributed by atoms with Crippen LogP contribution in [-0.2, 0) is 4.79 Å². The molecule has 3 rings (SSSR count). The molecule has 1 saturated carbocycles. The minimum atomic E-state index is -0.632. The number of nitrogens with one attached hydrogen (secondary N) is 1. The van der Waals surface area contributed by atoms with Crippen LogP contribution in [0.5, 0.6) is 0 Å². The lowest BCUT2D eigenvalue weighted by Gasteiger charge is -2.19. The molecule has 1 aromatic heterocycles. The number of benzene rings is 1. The zero-order chi connectivity index (χ0) is 16.4. The largest absolute Gasteiger partial charge is 0.348 e. The van der Waals surface area contributed by atoms with E-state index in [1.807, 2.05) is 37.3 Å². The summed E-state index contributed by atoms with van der Waals surface area (Å²) in [5.74, 6) is 0.240. The first-order chi connectivity index (χ1) is 11.1. The second-order valence-corrected chi connectivity index (χ2v) is 6.13. The number of amides is 1. The minimum absolute atomic E-state index is 0.117. The van der Waals surface area contributed by atoms with Gasteiger partial charge in [-0.05, 0) is 38.3 Å². The third kappa shape index (κ3) is 3.50. The number of aromatic nitrogens is 2. The molecular formula is C18H21N3O2. The molecular weight excluding hydrogens is 290 g/mol. The number of hydrogen-bond acceptors (Lipinski definition) is 3. The molecule has 2 unspecified atom stereocenters. The Labute approximate surface area is 135 Å². The van der Waals surface area contributed by atoms with Crippen molar-refractivity contribution in [1.29, 1.82) is 0 Å². The van der Waals surface area contributed by atoms with Crippen molar-refractivity contribution in [3.8, 4) is 0 Å². The standard InChI is InChI=1S/C18H21N3O2/c1-12(14-6-4-3-5-7-14)19-18(23)13(2)21-17(22)11-10-16(20-21)15-8-9-15/h3-7,10-13,15H,8-9H2,1-2H3,(H,19,23). The number of carbonyl (C=O) groups excluding carboxylic acids is 1. The van der Waals surface area contributed by atoms with Gasteiger partial charge in [-0.1, -0.05) is 30.3 Å². The van der Waals surface area contributed by atoms with Crippen LogP contribution in [0.25, 0.3) is 0 Å². The molecule has 1 fully saturated rings. The molecule has 2 aromatic rings. The quantitative estimate of drug-likeness (QED) is 0.923. The van der Waals surface area contributed by atoms with Crippen LogP contribution >= 0.6 is 0 Å². The Bertz CT molecular complexity index is 750. The minimum Gasteiger partial charge on any atom is -0.348 e. The predicted octanol–water partition coefficient (Wildman–Crippen LogP) is 2.56. The van der Waals surface area contributed by atoms with Gasteiger partial charge < -0.3 is 5.32 Å². The Balaban J connectivity index is 1.74. The van der Waals surface area contributed by atoms with Gasteiger partial charge in [-0.15, -0.1) is 0 Å². The maximum absolute atomic E-state index is 12.5. The van der Waals surface area contributed by atoms with E-state index in [1.165, 1.54) is 10.7 Å². The van der Waals surface area contributed by atoms with Crippen LogP contribution in [0.3, 0.4) is 0 Å². The summed E-state index contributed by atoms with van der Waals surface area (Å²) < 4.78 is 1.29. The summed E-state index contributed by atoms with van der Waals surface area (Å²) in [4.78, 5) is 24.5. The van der Waals surface area contributed by atoms with Crippen molar-refractivity contribution in [3.63, 3.8) is 0 Å². The fourth-order valence-corrected chi connectivity index (χ4v) is 2.58.